The molecule has 0 atom stereocenters. The van der Waals surface area contributed by atoms with Crippen molar-refractivity contribution in [3.8, 4) is 16.3 Å². The number of thiazole rings is 1. The van der Waals surface area contributed by atoms with Gasteiger partial charge in [-0.3, -0.25) is 4.79 Å². The van der Waals surface area contributed by atoms with Gasteiger partial charge in [0.1, 0.15) is 5.01 Å². The fraction of sp³-hybridized carbons (Fsp3) is 0. The summed E-state index contributed by atoms with van der Waals surface area (Å²) in [4.78, 5) is 16.7. The number of nitrogens with zero attached hydrogens (tertiary/aromatic N) is 3. The second-order valence-electron chi connectivity index (χ2n) is 5.38. The average Bonchev–Trinajstić information content (AvgIpc) is 3.35. The highest BCUT2D eigenvalue weighted by Crippen LogP contribution is 2.23. The number of hydrogen-bond donors (Lipinski definition) is 1. The van der Waals surface area contributed by atoms with Crippen LogP contribution in [0.25, 0.3) is 16.3 Å². The minimum Gasteiger partial charge on any atom is -0.322 e. The van der Waals surface area contributed by atoms with Gasteiger partial charge in [0.15, 0.2) is 0 Å². The summed E-state index contributed by atoms with van der Waals surface area (Å²) >= 11 is 1.58. The standard InChI is InChI=1S/C19H14N4OS/c24-18(15-12-21-23(13-15)17-4-2-1-3-5-17)22-16-8-6-14(7-9-16)19-20-10-11-25-19/h1-13H,(H,22,24). The number of aromatic nitrogens is 3. The number of hydrogen-bond acceptors (Lipinski definition) is 4. The fourth-order valence-corrected chi connectivity index (χ4v) is 3.07. The SMILES string of the molecule is O=C(Nc1ccc(-c2nccs2)cc1)c1cnn(-c2ccccc2)c1. The first kappa shape index (κ1) is 15.3. The maximum Gasteiger partial charge on any atom is 0.258 e. The molecule has 2 heterocycles. The van der Waals surface area contributed by atoms with E-state index in [-0.39, 0.29) is 5.91 Å². The predicted octanol–water partition coefficient (Wildman–Crippen LogP) is 4.25. The minimum atomic E-state index is -0.191. The third-order valence-electron chi connectivity index (χ3n) is 3.69. The zero-order valence-corrected chi connectivity index (χ0v) is 14.0. The number of benzene rings is 2. The van der Waals surface area contributed by atoms with Crippen molar-refractivity contribution in [2.45, 2.75) is 0 Å². The third kappa shape index (κ3) is 3.34. The van der Waals surface area contributed by atoms with E-state index in [0.29, 0.717) is 5.56 Å². The van der Waals surface area contributed by atoms with Crippen molar-refractivity contribution in [2.24, 2.45) is 0 Å². The van der Waals surface area contributed by atoms with Crippen molar-refractivity contribution in [2.75, 3.05) is 5.32 Å². The Morgan fingerprint density at radius 2 is 1.84 bits per heavy atom. The maximum absolute atomic E-state index is 12.4. The number of nitrogens with one attached hydrogen (secondary N) is 1. The molecule has 0 fully saturated rings. The number of amides is 1. The highest BCUT2D eigenvalue weighted by atomic mass is 32.1. The van der Waals surface area contributed by atoms with E-state index < -0.39 is 0 Å². The summed E-state index contributed by atoms with van der Waals surface area (Å²) in [6.45, 7) is 0. The first-order valence-corrected chi connectivity index (χ1v) is 8.59. The molecule has 122 valence electrons. The third-order valence-corrected chi connectivity index (χ3v) is 4.51. The quantitative estimate of drug-likeness (QED) is 0.601. The summed E-state index contributed by atoms with van der Waals surface area (Å²) in [7, 11) is 0. The summed E-state index contributed by atoms with van der Waals surface area (Å²) in [5, 5.41) is 10.0. The van der Waals surface area contributed by atoms with Gasteiger partial charge >= 0.3 is 0 Å². The number of anilines is 1. The molecule has 4 rings (SSSR count). The first-order valence-electron chi connectivity index (χ1n) is 7.71. The van der Waals surface area contributed by atoms with Gasteiger partial charge in [-0.2, -0.15) is 5.10 Å². The van der Waals surface area contributed by atoms with Gasteiger partial charge in [-0.15, -0.1) is 11.3 Å². The van der Waals surface area contributed by atoms with Crippen LogP contribution in [0.2, 0.25) is 0 Å². The van der Waals surface area contributed by atoms with Crippen molar-refractivity contribution in [3.05, 3.63) is 84.1 Å². The first-order chi connectivity index (χ1) is 12.3. The van der Waals surface area contributed by atoms with Crippen LogP contribution in [0.4, 0.5) is 5.69 Å². The lowest BCUT2D eigenvalue weighted by Crippen LogP contribution is -2.10. The summed E-state index contributed by atoms with van der Waals surface area (Å²) in [5.74, 6) is -0.191. The van der Waals surface area contributed by atoms with Gasteiger partial charge in [-0.05, 0) is 36.4 Å². The molecular weight excluding hydrogens is 332 g/mol. The molecule has 0 aliphatic heterocycles. The average molecular weight is 346 g/mol. The highest BCUT2D eigenvalue weighted by Gasteiger charge is 2.10. The topological polar surface area (TPSA) is 59.8 Å². The number of para-hydroxylation sites is 1. The molecule has 0 aliphatic rings. The van der Waals surface area contributed by atoms with Crippen molar-refractivity contribution in [3.63, 3.8) is 0 Å². The zero-order chi connectivity index (χ0) is 17.1. The molecule has 0 radical (unpaired) electrons. The summed E-state index contributed by atoms with van der Waals surface area (Å²) in [6.07, 6.45) is 5.06. The second kappa shape index (κ2) is 6.70. The Morgan fingerprint density at radius 3 is 2.56 bits per heavy atom. The van der Waals surface area contributed by atoms with Crippen molar-refractivity contribution >= 4 is 22.9 Å². The Kier molecular flexibility index (Phi) is 4.10. The van der Waals surface area contributed by atoms with Crippen LogP contribution < -0.4 is 5.32 Å². The Hall–Kier alpha value is -3.25. The second-order valence-corrected chi connectivity index (χ2v) is 6.27. The van der Waals surface area contributed by atoms with Crippen molar-refractivity contribution in [1.82, 2.24) is 14.8 Å². The molecule has 0 unspecified atom stereocenters. The van der Waals surface area contributed by atoms with Crippen LogP contribution in [0.3, 0.4) is 0 Å². The fourth-order valence-electron chi connectivity index (χ4n) is 2.43. The molecule has 4 aromatic rings. The van der Waals surface area contributed by atoms with Crippen LogP contribution in [0, 0.1) is 0 Å². The van der Waals surface area contributed by atoms with Crippen LogP contribution in [-0.2, 0) is 0 Å². The Morgan fingerprint density at radius 1 is 1.04 bits per heavy atom. The lowest BCUT2D eigenvalue weighted by molar-refractivity contribution is 0.102. The molecule has 1 N–H and O–H groups in total. The van der Waals surface area contributed by atoms with Crippen molar-refractivity contribution < 1.29 is 4.79 Å². The largest absolute Gasteiger partial charge is 0.322 e. The van der Waals surface area contributed by atoms with Gasteiger partial charge in [-0.25, -0.2) is 9.67 Å². The molecular formula is C19H14N4OS. The molecule has 0 aliphatic carbocycles. The Labute approximate surface area is 148 Å². The molecule has 1 amide bonds. The van der Waals surface area contributed by atoms with Crippen LogP contribution in [0.15, 0.2) is 78.6 Å². The van der Waals surface area contributed by atoms with Gasteiger partial charge in [-0.1, -0.05) is 18.2 Å². The van der Waals surface area contributed by atoms with Crippen LogP contribution in [-0.4, -0.2) is 20.7 Å². The monoisotopic (exact) mass is 346 g/mol. The Balaban J connectivity index is 1.48. The summed E-state index contributed by atoms with van der Waals surface area (Å²) in [5.41, 5.74) is 3.19. The smallest absolute Gasteiger partial charge is 0.258 e. The van der Waals surface area contributed by atoms with Gasteiger partial charge < -0.3 is 5.32 Å². The lowest BCUT2D eigenvalue weighted by Gasteiger charge is -2.04. The molecule has 5 nitrogen and oxygen atoms in total. The molecule has 2 aromatic carbocycles. The van der Waals surface area contributed by atoms with Crippen molar-refractivity contribution in [1.29, 1.82) is 0 Å². The van der Waals surface area contributed by atoms with Crippen LogP contribution >= 0.6 is 11.3 Å². The number of carbonyl (C=O) groups is 1. The van der Waals surface area contributed by atoms with E-state index in [4.69, 9.17) is 0 Å². The van der Waals surface area contributed by atoms with E-state index in [2.05, 4.69) is 15.4 Å². The summed E-state index contributed by atoms with van der Waals surface area (Å²) in [6, 6.07) is 17.3. The summed E-state index contributed by atoms with van der Waals surface area (Å²) < 4.78 is 1.68. The predicted molar refractivity (Wildman–Crippen MR) is 99.1 cm³/mol. The maximum atomic E-state index is 12.4. The molecule has 2 aromatic heterocycles. The van der Waals surface area contributed by atoms with Crippen LogP contribution in [0.5, 0.6) is 0 Å². The highest BCUT2D eigenvalue weighted by molar-refractivity contribution is 7.13. The lowest BCUT2D eigenvalue weighted by atomic mass is 10.2. The van der Waals surface area contributed by atoms with E-state index in [0.717, 1.165) is 21.9 Å². The van der Waals surface area contributed by atoms with E-state index in [9.17, 15) is 4.79 Å². The molecule has 0 spiro atoms. The van der Waals surface area contributed by atoms with Gasteiger partial charge in [0, 0.05) is 29.0 Å². The Bertz CT molecular complexity index is 976. The minimum absolute atomic E-state index is 0.191. The van der Waals surface area contributed by atoms with Crippen LogP contribution in [0.1, 0.15) is 10.4 Å². The van der Waals surface area contributed by atoms with E-state index in [1.165, 1.54) is 0 Å². The molecule has 0 saturated heterocycles. The van der Waals surface area contributed by atoms with E-state index in [1.54, 1.807) is 34.6 Å². The number of carbonyl (C=O) groups excluding carboxylic acids is 1. The van der Waals surface area contributed by atoms with E-state index in [1.807, 2.05) is 60.0 Å². The molecule has 0 saturated carbocycles. The number of rotatable bonds is 4. The van der Waals surface area contributed by atoms with E-state index >= 15 is 0 Å². The normalized spacial score (nSPS) is 10.6. The molecule has 25 heavy (non-hydrogen) atoms. The molecule has 0 bridgehead atoms. The molecule has 6 heteroatoms. The van der Waals surface area contributed by atoms with Gasteiger partial charge in [0.25, 0.3) is 5.91 Å². The van der Waals surface area contributed by atoms with Gasteiger partial charge in [0.2, 0.25) is 0 Å². The zero-order valence-electron chi connectivity index (χ0n) is 13.2. The van der Waals surface area contributed by atoms with Gasteiger partial charge in [0.05, 0.1) is 17.4 Å².